The van der Waals surface area contributed by atoms with Crippen LogP contribution in [0.25, 0.3) is 0 Å². The highest BCUT2D eigenvalue weighted by molar-refractivity contribution is 5.85. The van der Waals surface area contributed by atoms with Crippen molar-refractivity contribution >= 4 is 36.5 Å². The number of hydrogen-bond acceptors (Lipinski definition) is 6. The average molecular weight is 393 g/mol. The molecule has 0 aromatic carbocycles. The Morgan fingerprint density at radius 3 is 2.72 bits per heavy atom. The van der Waals surface area contributed by atoms with Crippen LogP contribution in [0.3, 0.4) is 0 Å². The number of anilines is 1. The van der Waals surface area contributed by atoms with Crippen LogP contribution >= 0.6 is 24.8 Å². The largest absolute Gasteiger partial charge is 0.378 e. The number of amides is 1. The molecule has 142 valence electrons. The number of pyridine rings is 1. The van der Waals surface area contributed by atoms with E-state index in [4.69, 9.17) is 9.47 Å². The van der Waals surface area contributed by atoms with E-state index >= 15 is 0 Å². The molecule has 0 saturated carbocycles. The van der Waals surface area contributed by atoms with Gasteiger partial charge in [-0.2, -0.15) is 0 Å². The Bertz CT molecular complexity index is 507. The summed E-state index contributed by atoms with van der Waals surface area (Å²) in [5.41, 5.74) is 0.998. The molecule has 3 rings (SSSR count). The van der Waals surface area contributed by atoms with Crippen molar-refractivity contribution < 1.29 is 14.3 Å². The lowest BCUT2D eigenvalue weighted by Crippen LogP contribution is -2.41. The second-order valence-electron chi connectivity index (χ2n) is 5.80. The van der Waals surface area contributed by atoms with Crippen molar-refractivity contribution in [2.75, 3.05) is 50.9 Å². The first-order chi connectivity index (χ1) is 11.3. The smallest absolute Gasteiger partial charge is 0.222 e. The van der Waals surface area contributed by atoms with E-state index in [9.17, 15) is 4.79 Å². The molecule has 1 aromatic rings. The van der Waals surface area contributed by atoms with Gasteiger partial charge in [0.05, 0.1) is 32.3 Å². The highest BCUT2D eigenvalue weighted by Gasteiger charge is 2.17. The summed E-state index contributed by atoms with van der Waals surface area (Å²) >= 11 is 0. The minimum atomic E-state index is -0.0226. The second-order valence-corrected chi connectivity index (χ2v) is 5.80. The van der Waals surface area contributed by atoms with Crippen molar-refractivity contribution in [1.29, 1.82) is 0 Å². The van der Waals surface area contributed by atoms with E-state index in [-0.39, 0.29) is 36.8 Å². The van der Waals surface area contributed by atoms with E-state index in [0.29, 0.717) is 19.6 Å². The fourth-order valence-electron chi connectivity index (χ4n) is 2.73. The number of carbonyl (C=O) groups is 1. The first-order valence-electron chi connectivity index (χ1n) is 8.18. The maximum absolute atomic E-state index is 11.9. The standard InChI is InChI=1S/C16H24N4O3.2ClH/c21-16(9-14-12-17-3-6-23-14)19-11-13-1-2-15(18-10-13)20-4-7-22-8-5-20;;/h1-2,10,14,17H,3-9,11-12H2,(H,19,21);2*1H. The zero-order valence-corrected chi connectivity index (χ0v) is 15.7. The van der Waals surface area contributed by atoms with Crippen LogP contribution in [-0.2, 0) is 20.8 Å². The van der Waals surface area contributed by atoms with Crippen molar-refractivity contribution in [3.8, 4) is 0 Å². The number of carbonyl (C=O) groups excluding carboxylic acids is 1. The Hall–Kier alpha value is -1.12. The van der Waals surface area contributed by atoms with Crippen LogP contribution in [0.4, 0.5) is 5.82 Å². The number of aromatic nitrogens is 1. The molecule has 2 N–H and O–H groups in total. The lowest BCUT2D eigenvalue weighted by atomic mass is 10.2. The fourth-order valence-corrected chi connectivity index (χ4v) is 2.73. The van der Waals surface area contributed by atoms with Gasteiger partial charge in [-0.3, -0.25) is 4.79 Å². The molecule has 9 heteroatoms. The van der Waals surface area contributed by atoms with Crippen LogP contribution in [0, 0.1) is 0 Å². The van der Waals surface area contributed by atoms with Gasteiger partial charge in [0.15, 0.2) is 0 Å². The Labute approximate surface area is 160 Å². The molecule has 2 aliphatic heterocycles. The quantitative estimate of drug-likeness (QED) is 0.770. The van der Waals surface area contributed by atoms with E-state index in [1.165, 1.54) is 0 Å². The lowest BCUT2D eigenvalue weighted by molar-refractivity contribution is -0.124. The predicted molar refractivity (Wildman–Crippen MR) is 101 cm³/mol. The number of morpholine rings is 2. The normalized spacial score (nSPS) is 20.2. The molecule has 0 spiro atoms. The first kappa shape index (κ1) is 21.9. The summed E-state index contributed by atoms with van der Waals surface area (Å²) in [5, 5.41) is 6.15. The third-order valence-corrected chi connectivity index (χ3v) is 4.05. The first-order valence-corrected chi connectivity index (χ1v) is 8.18. The van der Waals surface area contributed by atoms with Crippen LogP contribution in [0.2, 0.25) is 0 Å². The molecule has 1 unspecified atom stereocenters. The maximum atomic E-state index is 11.9. The summed E-state index contributed by atoms with van der Waals surface area (Å²) in [6.07, 6.45) is 2.20. The van der Waals surface area contributed by atoms with Gasteiger partial charge in [0.2, 0.25) is 5.91 Å². The third-order valence-electron chi connectivity index (χ3n) is 4.05. The van der Waals surface area contributed by atoms with Crippen LogP contribution in [0.15, 0.2) is 18.3 Å². The molecule has 0 aliphatic carbocycles. The Morgan fingerprint density at radius 1 is 1.28 bits per heavy atom. The van der Waals surface area contributed by atoms with Gasteiger partial charge in [0.1, 0.15) is 5.82 Å². The number of hydrogen-bond donors (Lipinski definition) is 2. The number of nitrogens with one attached hydrogen (secondary N) is 2. The highest BCUT2D eigenvalue weighted by Crippen LogP contribution is 2.13. The fraction of sp³-hybridized carbons (Fsp3) is 0.625. The molecular weight excluding hydrogens is 367 g/mol. The third kappa shape index (κ3) is 6.95. The van der Waals surface area contributed by atoms with Crippen LogP contribution < -0.4 is 15.5 Å². The molecule has 3 heterocycles. The van der Waals surface area contributed by atoms with Crippen LogP contribution in [-0.4, -0.2) is 63.0 Å². The molecule has 25 heavy (non-hydrogen) atoms. The number of ether oxygens (including phenoxy) is 2. The maximum Gasteiger partial charge on any atom is 0.222 e. The van der Waals surface area contributed by atoms with E-state index < -0.39 is 0 Å². The van der Waals surface area contributed by atoms with Gasteiger partial charge in [-0.05, 0) is 11.6 Å². The van der Waals surface area contributed by atoms with Crippen LogP contribution in [0.5, 0.6) is 0 Å². The van der Waals surface area contributed by atoms with E-state index in [2.05, 4.69) is 20.5 Å². The van der Waals surface area contributed by atoms with Gasteiger partial charge in [-0.25, -0.2) is 4.98 Å². The SMILES string of the molecule is Cl.Cl.O=C(CC1CNCCO1)NCc1ccc(N2CCOCC2)nc1. The predicted octanol–water partition coefficient (Wildman–Crippen LogP) is 0.757. The van der Waals surface area contributed by atoms with E-state index in [0.717, 1.165) is 50.8 Å². The minimum Gasteiger partial charge on any atom is -0.378 e. The molecule has 7 nitrogen and oxygen atoms in total. The number of nitrogens with zero attached hydrogens (tertiary/aromatic N) is 2. The average Bonchev–Trinajstić information content (AvgIpc) is 2.62. The van der Waals surface area contributed by atoms with Gasteiger partial charge in [-0.15, -0.1) is 24.8 Å². The monoisotopic (exact) mass is 392 g/mol. The van der Waals surface area contributed by atoms with Crippen molar-refractivity contribution in [2.24, 2.45) is 0 Å². The van der Waals surface area contributed by atoms with Gasteiger partial charge in [-0.1, -0.05) is 6.07 Å². The topological polar surface area (TPSA) is 75.7 Å². The van der Waals surface area contributed by atoms with Crippen molar-refractivity contribution in [1.82, 2.24) is 15.6 Å². The summed E-state index contributed by atoms with van der Waals surface area (Å²) in [6.45, 7) is 6.01. The van der Waals surface area contributed by atoms with Gasteiger partial charge < -0.3 is 25.0 Å². The van der Waals surface area contributed by atoms with E-state index in [1.54, 1.807) is 0 Å². The van der Waals surface area contributed by atoms with Gasteiger partial charge in [0, 0.05) is 38.9 Å². The molecule has 1 atom stereocenters. The zero-order valence-electron chi connectivity index (χ0n) is 14.1. The molecule has 2 fully saturated rings. The summed E-state index contributed by atoms with van der Waals surface area (Å²) in [5.74, 6) is 0.973. The Kier molecular flexibility index (Phi) is 10.1. The second kappa shape index (κ2) is 11.5. The summed E-state index contributed by atoms with van der Waals surface area (Å²) in [7, 11) is 0. The molecule has 0 radical (unpaired) electrons. The molecule has 2 saturated heterocycles. The van der Waals surface area contributed by atoms with Crippen molar-refractivity contribution in [3.05, 3.63) is 23.9 Å². The van der Waals surface area contributed by atoms with E-state index in [1.807, 2.05) is 18.3 Å². The molecule has 1 amide bonds. The zero-order chi connectivity index (χ0) is 15.9. The van der Waals surface area contributed by atoms with Crippen LogP contribution in [0.1, 0.15) is 12.0 Å². The minimum absolute atomic E-state index is 0. The Morgan fingerprint density at radius 2 is 2.08 bits per heavy atom. The summed E-state index contributed by atoms with van der Waals surface area (Å²) in [4.78, 5) is 18.6. The number of rotatable bonds is 5. The van der Waals surface area contributed by atoms with Gasteiger partial charge in [0.25, 0.3) is 0 Å². The summed E-state index contributed by atoms with van der Waals surface area (Å²) in [6, 6.07) is 4.01. The Balaban J connectivity index is 0.00000156. The molecule has 2 aliphatic rings. The molecule has 0 bridgehead atoms. The summed E-state index contributed by atoms with van der Waals surface area (Å²) < 4.78 is 10.9. The van der Waals surface area contributed by atoms with Gasteiger partial charge >= 0.3 is 0 Å². The van der Waals surface area contributed by atoms with Crippen molar-refractivity contribution in [2.45, 2.75) is 19.1 Å². The molecule has 1 aromatic heterocycles. The van der Waals surface area contributed by atoms with Crippen molar-refractivity contribution in [3.63, 3.8) is 0 Å². The highest BCUT2D eigenvalue weighted by atomic mass is 35.5. The lowest BCUT2D eigenvalue weighted by Gasteiger charge is -2.27. The molecular formula is C16H26Cl2N4O3. The number of halogens is 2.